The normalized spacial score (nSPS) is 35.4. The fourth-order valence-electron chi connectivity index (χ4n) is 2.98. The molecule has 4 nitrogen and oxygen atoms in total. The molecule has 1 heterocycles. The Morgan fingerprint density at radius 3 is 2.69 bits per heavy atom. The molecule has 2 fully saturated rings. The SMILES string of the molecule is CC1CCCC1N1CC(C(=O)O)CCC1=O. The quantitative estimate of drug-likeness (QED) is 0.774. The Morgan fingerprint density at radius 2 is 2.12 bits per heavy atom. The minimum atomic E-state index is -0.761. The van der Waals surface area contributed by atoms with Crippen LogP contribution in [0.25, 0.3) is 0 Å². The summed E-state index contributed by atoms with van der Waals surface area (Å²) in [5, 5.41) is 9.01. The largest absolute Gasteiger partial charge is 0.481 e. The summed E-state index contributed by atoms with van der Waals surface area (Å²) >= 11 is 0. The Hall–Kier alpha value is -1.06. The van der Waals surface area contributed by atoms with Crippen LogP contribution in [0.1, 0.15) is 39.0 Å². The van der Waals surface area contributed by atoms with Crippen LogP contribution in [0.2, 0.25) is 0 Å². The lowest BCUT2D eigenvalue weighted by atomic mass is 9.94. The monoisotopic (exact) mass is 225 g/mol. The Labute approximate surface area is 95.6 Å². The molecule has 3 atom stereocenters. The number of carbonyl (C=O) groups excluding carboxylic acids is 1. The summed E-state index contributed by atoms with van der Waals surface area (Å²) in [4.78, 5) is 24.6. The molecule has 0 bridgehead atoms. The number of aliphatic carboxylic acids is 1. The molecular weight excluding hydrogens is 206 g/mol. The molecule has 0 aromatic heterocycles. The highest BCUT2D eigenvalue weighted by Gasteiger charge is 2.37. The van der Waals surface area contributed by atoms with Crippen molar-refractivity contribution in [2.75, 3.05) is 6.54 Å². The van der Waals surface area contributed by atoms with E-state index >= 15 is 0 Å². The minimum absolute atomic E-state index is 0.149. The van der Waals surface area contributed by atoms with Crippen molar-refractivity contribution in [3.8, 4) is 0 Å². The molecule has 3 unspecified atom stereocenters. The van der Waals surface area contributed by atoms with E-state index in [1.54, 1.807) is 0 Å². The maximum atomic E-state index is 11.8. The summed E-state index contributed by atoms with van der Waals surface area (Å²) in [5.41, 5.74) is 0. The Bertz CT molecular complexity index is 303. The van der Waals surface area contributed by atoms with E-state index in [2.05, 4.69) is 6.92 Å². The van der Waals surface area contributed by atoms with Gasteiger partial charge >= 0.3 is 5.97 Å². The van der Waals surface area contributed by atoms with Gasteiger partial charge in [-0.15, -0.1) is 0 Å². The Kier molecular flexibility index (Phi) is 3.17. The molecule has 1 aliphatic carbocycles. The second kappa shape index (κ2) is 4.44. The van der Waals surface area contributed by atoms with Crippen LogP contribution >= 0.6 is 0 Å². The first kappa shape index (κ1) is 11.4. The Morgan fingerprint density at radius 1 is 1.38 bits per heavy atom. The number of carboxylic acids is 1. The van der Waals surface area contributed by atoms with Gasteiger partial charge in [0.05, 0.1) is 5.92 Å². The molecule has 0 aromatic rings. The standard InChI is InChI=1S/C12H19NO3/c1-8-3-2-4-10(8)13-7-9(12(15)16)5-6-11(13)14/h8-10H,2-7H2,1H3,(H,15,16). The molecule has 2 rings (SSSR count). The number of nitrogens with zero attached hydrogens (tertiary/aromatic N) is 1. The molecule has 4 heteroatoms. The van der Waals surface area contributed by atoms with Gasteiger partial charge < -0.3 is 10.0 Å². The van der Waals surface area contributed by atoms with Crippen LogP contribution in [0.4, 0.5) is 0 Å². The van der Waals surface area contributed by atoms with Gasteiger partial charge in [-0.3, -0.25) is 9.59 Å². The van der Waals surface area contributed by atoms with E-state index in [4.69, 9.17) is 5.11 Å². The zero-order valence-electron chi connectivity index (χ0n) is 9.69. The molecule has 1 saturated heterocycles. The van der Waals surface area contributed by atoms with Gasteiger partial charge in [-0.25, -0.2) is 0 Å². The molecule has 90 valence electrons. The molecule has 1 N–H and O–H groups in total. The number of carboxylic acid groups (broad SMARTS) is 1. The average Bonchev–Trinajstić information content (AvgIpc) is 2.65. The van der Waals surface area contributed by atoms with Crippen molar-refractivity contribution in [2.45, 2.75) is 45.1 Å². The predicted octanol–water partition coefficient (Wildman–Crippen LogP) is 1.50. The molecule has 1 saturated carbocycles. The summed E-state index contributed by atoms with van der Waals surface area (Å²) in [5.74, 6) is -0.443. The summed E-state index contributed by atoms with van der Waals surface area (Å²) in [6, 6.07) is 0.287. The highest BCUT2D eigenvalue weighted by Crippen LogP contribution is 2.32. The second-order valence-electron chi connectivity index (χ2n) is 5.10. The molecule has 0 aromatic carbocycles. The third kappa shape index (κ3) is 2.06. The summed E-state index contributed by atoms with van der Waals surface area (Å²) < 4.78 is 0. The third-order valence-electron chi connectivity index (χ3n) is 4.01. The van der Waals surface area contributed by atoms with Crippen molar-refractivity contribution < 1.29 is 14.7 Å². The van der Waals surface area contributed by atoms with Crippen LogP contribution in [-0.2, 0) is 9.59 Å². The van der Waals surface area contributed by atoms with E-state index < -0.39 is 5.97 Å². The highest BCUT2D eigenvalue weighted by atomic mass is 16.4. The smallest absolute Gasteiger partial charge is 0.308 e. The van der Waals surface area contributed by atoms with Gasteiger partial charge in [0.1, 0.15) is 0 Å². The van der Waals surface area contributed by atoms with Crippen molar-refractivity contribution in [1.82, 2.24) is 4.90 Å². The lowest BCUT2D eigenvalue weighted by Crippen LogP contribution is -2.49. The molecular formula is C12H19NO3. The zero-order valence-corrected chi connectivity index (χ0v) is 9.69. The van der Waals surface area contributed by atoms with Gasteiger partial charge in [0.25, 0.3) is 0 Å². The first-order valence-corrected chi connectivity index (χ1v) is 6.12. The number of hydrogen-bond acceptors (Lipinski definition) is 2. The van der Waals surface area contributed by atoms with Crippen LogP contribution in [-0.4, -0.2) is 34.5 Å². The highest BCUT2D eigenvalue weighted by molar-refractivity contribution is 5.80. The number of amides is 1. The van der Waals surface area contributed by atoms with E-state index in [0.29, 0.717) is 25.3 Å². The summed E-state index contributed by atoms with van der Waals surface area (Å²) in [6.07, 6.45) is 4.27. The number of hydrogen-bond donors (Lipinski definition) is 1. The fourth-order valence-corrected chi connectivity index (χ4v) is 2.98. The summed E-state index contributed by atoms with van der Waals surface area (Å²) in [7, 11) is 0. The minimum Gasteiger partial charge on any atom is -0.481 e. The zero-order chi connectivity index (χ0) is 11.7. The lowest BCUT2D eigenvalue weighted by Gasteiger charge is -2.37. The summed E-state index contributed by atoms with van der Waals surface area (Å²) in [6.45, 7) is 2.58. The first-order valence-electron chi connectivity index (χ1n) is 6.12. The molecule has 1 aliphatic heterocycles. The number of rotatable bonds is 2. The van der Waals surface area contributed by atoms with Crippen molar-refractivity contribution in [1.29, 1.82) is 0 Å². The van der Waals surface area contributed by atoms with Crippen LogP contribution < -0.4 is 0 Å². The van der Waals surface area contributed by atoms with Gasteiger partial charge in [0.2, 0.25) is 5.91 Å². The fraction of sp³-hybridized carbons (Fsp3) is 0.833. The van der Waals surface area contributed by atoms with Crippen LogP contribution in [0.3, 0.4) is 0 Å². The predicted molar refractivity (Wildman–Crippen MR) is 58.9 cm³/mol. The molecule has 16 heavy (non-hydrogen) atoms. The van der Waals surface area contributed by atoms with Gasteiger partial charge in [-0.1, -0.05) is 13.3 Å². The van der Waals surface area contributed by atoms with E-state index in [9.17, 15) is 9.59 Å². The molecule has 0 spiro atoms. The van der Waals surface area contributed by atoms with Gasteiger partial charge in [0, 0.05) is 19.0 Å². The van der Waals surface area contributed by atoms with Crippen LogP contribution in [0.5, 0.6) is 0 Å². The lowest BCUT2D eigenvalue weighted by molar-refractivity contribution is -0.149. The molecule has 2 aliphatic rings. The molecule has 0 radical (unpaired) electrons. The third-order valence-corrected chi connectivity index (χ3v) is 4.01. The number of likely N-dealkylation sites (tertiary alicyclic amines) is 1. The van der Waals surface area contributed by atoms with Gasteiger partial charge in [-0.2, -0.15) is 0 Å². The maximum absolute atomic E-state index is 11.8. The maximum Gasteiger partial charge on any atom is 0.308 e. The van der Waals surface area contributed by atoms with Gasteiger partial charge in [-0.05, 0) is 25.2 Å². The van der Waals surface area contributed by atoms with E-state index in [1.165, 1.54) is 0 Å². The van der Waals surface area contributed by atoms with Crippen molar-refractivity contribution in [3.63, 3.8) is 0 Å². The topological polar surface area (TPSA) is 57.6 Å². The van der Waals surface area contributed by atoms with Gasteiger partial charge in [0.15, 0.2) is 0 Å². The Balaban J connectivity index is 2.06. The number of piperidine rings is 1. The van der Waals surface area contributed by atoms with Crippen molar-refractivity contribution in [3.05, 3.63) is 0 Å². The van der Waals surface area contributed by atoms with E-state index in [0.717, 1.165) is 19.3 Å². The second-order valence-corrected chi connectivity index (χ2v) is 5.10. The van der Waals surface area contributed by atoms with Crippen LogP contribution in [0.15, 0.2) is 0 Å². The average molecular weight is 225 g/mol. The van der Waals surface area contributed by atoms with Crippen molar-refractivity contribution >= 4 is 11.9 Å². The van der Waals surface area contributed by atoms with E-state index in [1.807, 2.05) is 4.90 Å². The molecule has 1 amide bonds. The van der Waals surface area contributed by atoms with E-state index in [-0.39, 0.29) is 17.9 Å². The number of carbonyl (C=O) groups is 2. The van der Waals surface area contributed by atoms with Crippen LogP contribution in [0, 0.1) is 11.8 Å². The first-order chi connectivity index (χ1) is 7.59. The van der Waals surface area contributed by atoms with Crippen molar-refractivity contribution in [2.24, 2.45) is 11.8 Å².